The molecule has 2 heterocycles. The van der Waals surface area contributed by atoms with Crippen molar-refractivity contribution < 1.29 is 22.7 Å². The molecular formula is C25H31N3O5S. The van der Waals surface area contributed by atoms with Crippen LogP contribution in [0.3, 0.4) is 0 Å². The summed E-state index contributed by atoms with van der Waals surface area (Å²) in [7, 11) is -3.60. The zero-order valence-electron chi connectivity index (χ0n) is 19.9. The summed E-state index contributed by atoms with van der Waals surface area (Å²) >= 11 is 0. The smallest absolute Gasteiger partial charge is 0.251 e. The first-order valence-electron chi connectivity index (χ1n) is 11.6. The molecule has 2 saturated heterocycles. The molecule has 0 aromatic heterocycles. The molecule has 0 radical (unpaired) electrons. The van der Waals surface area contributed by atoms with Crippen LogP contribution in [0.5, 0.6) is 5.75 Å². The highest BCUT2D eigenvalue weighted by Gasteiger charge is 2.44. The van der Waals surface area contributed by atoms with Crippen molar-refractivity contribution in [1.29, 1.82) is 0 Å². The van der Waals surface area contributed by atoms with Gasteiger partial charge in [-0.05, 0) is 67.8 Å². The van der Waals surface area contributed by atoms with Crippen LogP contribution in [0, 0.1) is 13.8 Å². The van der Waals surface area contributed by atoms with Gasteiger partial charge >= 0.3 is 0 Å². The SMILES string of the molecule is CCCOc1ccc(N2C(=O)C[C@H](N3CCN(S(=O)(=O)c4ccc(C)c(C)c4)CC3)C2=O)cc1. The standard InChI is InChI=1S/C25H31N3O5S/c1-4-15-33-21-8-6-20(7-9-21)28-24(29)17-23(25(28)30)26-11-13-27(14-12-26)34(31,32)22-10-5-18(2)19(3)16-22/h5-10,16,23H,4,11-15,17H2,1-3H3/t23-/m0/s1. The first-order chi connectivity index (χ1) is 16.2. The molecule has 0 unspecified atom stereocenters. The third-order valence-electron chi connectivity index (χ3n) is 6.52. The molecule has 8 nitrogen and oxygen atoms in total. The maximum atomic E-state index is 13.1. The number of benzene rings is 2. The topological polar surface area (TPSA) is 87.2 Å². The van der Waals surface area contributed by atoms with E-state index in [4.69, 9.17) is 4.74 Å². The summed E-state index contributed by atoms with van der Waals surface area (Å²) < 4.78 is 33.2. The molecule has 4 rings (SSSR count). The fraction of sp³-hybridized carbons (Fsp3) is 0.440. The summed E-state index contributed by atoms with van der Waals surface area (Å²) in [6, 6.07) is 11.5. The van der Waals surface area contributed by atoms with Crippen LogP contribution in [-0.2, 0) is 19.6 Å². The Balaban J connectivity index is 1.41. The number of aryl methyl sites for hydroxylation is 2. The van der Waals surface area contributed by atoms with E-state index in [1.54, 1.807) is 36.4 Å². The lowest BCUT2D eigenvalue weighted by Crippen LogP contribution is -2.53. The molecule has 2 aromatic carbocycles. The molecule has 1 atom stereocenters. The van der Waals surface area contributed by atoms with Crippen LogP contribution in [0.4, 0.5) is 5.69 Å². The number of rotatable bonds is 7. The third kappa shape index (κ3) is 4.73. The molecule has 0 bridgehead atoms. The highest BCUT2D eigenvalue weighted by Crippen LogP contribution is 2.29. The van der Waals surface area contributed by atoms with Crippen molar-refractivity contribution in [3.8, 4) is 5.75 Å². The summed E-state index contributed by atoms with van der Waals surface area (Å²) in [4.78, 5) is 29.3. The van der Waals surface area contributed by atoms with E-state index in [0.29, 0.717) is 31.1 Å². The fourth-order valence-corrected chi connectivity index (χ4v) is 5.87. The van der Waals surface area contributed by atoms with E-state index in [1.165, 1.54) is 9.21 Å². The Kier molecular flexibility index (Phi) is 7.06. The van der Waals surface area contributed by atoms with Crippen LogP contribution in [0.25, 0.3) is 0 Å². The first kappa shape index (κ1) is 24.4. The van der Waals surface area contributed by atoms with Gasteiger partial charge in [0.15, 0.2) is 0 Å². The molecule has 2 fully saturated rings. The molecule has 0 spiro atoms. The molecule has 0 saturated carbocycles. The van der Waals surface area contributed by atoms with Crippen LogP contribution >= 0.6 is 0 Å². The van der Waals surface area contributed by atoms with Crippen LogP contribution in [0.15, 0.2) is 47.4 Å². The maximum absolute atomic E-state index is 13.1. The highest BCUT2D eigenvalue weighted by atomic mass is 32.2. The van der Waals surface area contributed by atoms with E-state index in [9.17, 15) is 18.0 Å². The summed E-state index contributed by atoms with van der Waals surface area (Å²) in [5, 5.41) is 0. The Bertz CT molecular complexity index is 1170. The predicted octanol–water partition coefficient (Wildman–Crippen LogP) is 2.73. The molecule has 2 aromatic rings. The largest absolute Gasteiger partial charge is 0.494 e. The van der Waals surface area contributed by atoms with Gasteiger partial charge in [-0.3, -0.25) is 14.5 Å². The van der Waals surface area contributed by atoms with E-state index >= 15 is 0 Å². The average Bonchev–Trinajstić information content (AvgIpc) is 3.13. The van der Waals surface area contributed by atoms with Crippen molar-refractivity contribution in [3.63, 3.8) is 0 Å². The summed E-state index contributed by atoms with van der Waals surface area (Å²) in [6.07, 6.45) is 0.989. The second-order valence-corrected chi connectivity index (χ2v) is 10.8. The quantitative estimate of drug-likeness (QED) is 0.561. The second kappa shape index (κ2) is 9.85. The minimum atomic E-state index is -3.60. The van der Waals surface area contributed by atoms with Crippen LogP contribution in [0.2, 0.25) is 0 Å². The lowest BCUT2D eigenvalue weighted by atomic mass is 10.1. The van der Waals surface area contributed by atoms with E-state index in [1.807, 2.05) is 31.7 Å². The van der Waals surface area contributed by atoms with Gasteiger partial charge in [-0.25, -0.2) is 13.3 Å². The molecule has 2 aliphatic rings. The van der Waals surface area contributed by atoms with Gasteiger partial charge in [-0.1, -0.05) is 13.0 Å². The number of ether oxygens (including phenoxy) is 1. The number of nitrogens with zero attached hydrogens (tertiary/aromatic N) is 3. The Labute approximate surface area is 201 Å². The summed E-state index contributed by atoms with van der Waals surface area (Å²) in [5.74, 6) is 0.183. The van der Waals surface area contributed by atoms with Crippen molar-refractivity contribution in [1.82, 2.24) is 9.21 Å². The number of sulfonamides is 1. The zero-order valence-corrected chi connectivity index (χ0v) is 20.7. The van der Waals surface area contributed by atoms with Gasteiger partial charge in [-0.15, -0.1) is 0 Å². The van der Waals surface area contributed by atoms with Crippen molar-refractivity contribution in [3.05, 3.63) is 53.6 Å². The van der Waals surface area contributed by atoms with Gasteiger partial charge in [0.2, 0.25) is 15.9 Å². The molecule has 0 N–H and O–H groups in total. The van der Waals surface area contributed by atoms with Gasteiger partial charge in [0.1, 0.15) is 5.75 Å². The summed E-state index contributed by atoms with van der Waals surface area (Å²) in [5.41, 5.74) is 2.50. The van der Waals surface area contributed by atoms with Gasteiger partial charge < -0.3 is 4.74 Å². The molecular weight excluding hydrogens is 454 g/mol. The van der Waals surface area contributed by atoms with Crippen molar-refractivity contribution in [2.24, 2.45) is 0 Å². The highest BCUT2D eigenvalue weighted by molar-refractivity contribution is 7.89. The number of carbonyl (C=O) groups is 2. The van der Waals surface area contributed by atoms with E-state index < -0.39 is 16.1 Å². The Morgan fingerprint density at radius 2 is 1.62 bits per heavy atom. The van der Waals surface area contributed by atoms with Crippen LogP contribution < -0.4 is 9.64 Å². The van der Waals surface area contributed by atoms with Crippen LogP contribution in [0.1, 0.15) is 30.9 Å². The number of carbonyl (C=O) groups excluding carboxylic acids is 2. The zero-order chi connectivity index (χ0) is 24.5. The molecule has 182 valence electrons. The average molecular weight is 486 g/mol. The molecule has 9 heteroatoms. The minimum Gasteiger partial charge on any atom is -0.494 e. The predicted molar refractivity (Wildman–Crippen MR) is 129 cm³/mol. The van der Waals surface area contributed by atoms with Gasteiger partial charge in [0.05, 0.1) is 29.7 Å². The third-order valence-corrected chi connectivity index (χ3v) is 8.42. The van der Waals surface area contributed by atoms with E-state index in [0.717, 1.165) is 17.5 Å². The Morgan fingerprint density at radius 1 is 0.941 bits per heavy atom. The molecule has 2 aliphatic heterocycles. The number of piperazine rings is 1. The fourth-order valence-electron chi connectivity index (χ4n) is 4.36. The Morgan fingerprint density at radius 3 is 2.24 bits per heavy atom. The van der Waals surface area contributed by atoms with E-state index in [-0.39, 0.29) is 36.2 Å². The number of imide groups is 1. The number of hydrogen-bond donors (Lipinski definition) is 0. The first-order valence-corrected chi connectivity index (χ1v) is 13.1. The summed E-state index contributed by atoms with van der Waals surface area (Å²) in [6.45, 7) is 7.81. The monoisotopic (exact) mass is 485 g/mol. The van der Waals surface area contributed by atoms with Gasteiger partial charge in [0.25, 0.3) is 5.91 Å². The van der Waals surface area contributed by atoms with Crippen LogP contribution in [-0.4, -0.2) is 68.3 Å². The van der Waals surface area contributed by atoms with Gasteiger partial charge in [0, 0.05) is 26.2 Å². The van der Waals surface area contributed by atoms with Crippen molar-refractivity contribution in [2.75, 3.05) is 37.7 Å². The van der Waals surface area contributed by atoms with Crippen molar-refractivity contribution >= 4 is 27.5 Å². The normalized spacial score (nSPS) is 20.2. The number of amides is 2. The Hall–Kier alpha value is -2.75. The van der Waals surface area contributed by atoms with Gasteiger partial charge in [-0.2, -0.15) is 4.31 Å². The minimum absolute atomic E-state index is 0.0941. The molecule has 2 amide bonds. The number of anilines is 1. The van der Waals surface area contributed by atoms with E-state index in [2.05, 4.69) is 0 Å². The maximum Gasteiger partial charge on any atom is 0.251 e. The molecule has 0 aliphatic carbocycles. The number of hydrogen-bond acceptors (Lipinski definition) is 6. The van der Waals surface area contributed by atoms with Crippen molar-refractivity contribution in [2.45, 2.75) is 44.6 Å². The lowest BCUT2D eigenvalue weighted by molar-refractivity contribution is -0.123. The molecule has 34 heavy (non-hydrogen) atoms. The lowest BCUT2D eigenvalue weighted by Gasteiger charge is -2.36. The second-order valence-electron chi connectivity index (χ2n) is 8.82.